The largest absolute Gasteiger partial charge is 0.390 e. The van der Waals surface area contributed by atoms with E-state index in [1.807, 2.05) is 6.20 Å². The second-order valence-corrected chi connectivity index (χ2v) is 7.01. The van der Waals surface area contributed by atoms with E-state index in [-0.39, 0.29) is 5.41 Å². The van der Waals surface area contributed by atoms with Gasteiger partial charge < -0.3 is 5.73 Å². The van der Waals surface area contributed by atoms with Gasteiger partial charge in [-0.05, 0) is 30.4 Å². The van der Waals surface area contributed by atoms with Crippen molar-refractivity contribution < 1.29 is 0 Å². The van der Waals surface area contributed by atoms with Crippen LogP contribution in [0.3, 0.4) is 0 Å². The lowest BCUT2D eigenvalue weighted by Gasteiger charge is -2.38. The maximum atomic E-state index is 6.13. The number of nitrogens with two attached hydrogens (primary N) is 1. The summed E-state index contributed by atoms with van der Waals surface area (Å²) in [5.41, 5.74) is 11.5. The Bertz CT molecular complexity index is 625. The van der Waals surface area contributed by atoms with Crippen molar-refractivity contribution >= 4 is 16.3 Å². The minimum atomic E-state index is 0.131. The van der Waals surface area contributed by atoms with Gasteiger partial charge in [-0.3, -0.25) is 5.10 Å². The molecule has 0 fully saturated rings. The Labute approximate surface area is 118 Å². The first-order chi connectivity index (χ1) is 8.99. The van der Waals surface area contributed by atoms with Crippen LogP contribution in [0.15, 0.2) is 6.20 Å². The van der Waals surface area contributed by atoms with Gasteiger partial charge in [0, 0.05) is 15.9 Å². The monoisotopic (exact) mass is 275 g/mol. The number of thiophene rings is 1. The smallest absolute Gasteiger partial charge is 0.0895 e. The molecule has 1 aliphatic rings. The molecule has 4 heteroatoms. The number of anilines is 1. The normalized spacial score (nSPS) is 22.9. The standard InChI is InChI=1S/C15H21N3S/c1-5-8(2)15(4)6-10-9(3)14(16)19-12(10)11-7-17-18-13(11)15/h7-8H,5-6,16H2,1-4H3,(H,17,18)/t8-,15?/m1/s1. The van der Waals surface area contributed by atoms with Gasteiger partial charge in [0.05, 0.1) is 16.9 Å². The lowest BCUT2D eigenvalue weighted by molar-refractivity contribution is 0.293. The van der Waals surface area contributed by atoms with Crippen LogP contribution >= 0.6 is 11.3 Å². The molecule has 19 heavy (non-hydrogen) atoms. The van der Waals surface area contributed by atoms with Gasteiger partial charge in [0.15, 0.2) is 0 Å². The molecule has 2 atom stereocenters. The van der Waals surface area contributed by atoms with Crippen LogP contribution in [-0.4, -0.2) is 10.2 Å². The molecule has 0 amide bonds. The fourth-order valence-corrected chi connectivity index (χ4v) is 4.33. The lowest BCUT2D eigenvalue weighted by Crippen LogP contribution is -2.35. The van der Waals surface area contributed by atoms with Crippen LogP contribution in [-0.2, 0) is 11.8 Å². The minimum Gasteiger partial charge on any atom is -0.390 e. The van der Waals surface area contributed by atoms with Gasteiger partial charge in [-0.2, -0.15) is 5.10 Å². The second-order valence-electron chi connectivity index (χ2n) is 5.96. The topological polar surface area (TPSA) is 54.7 Å². The van der Waals surface area contributed by atoms with Crippen molar-refractivity contribution in [1.29, 1.82) is 0 Å². The molecule has 0 radical (unpaired) electrons. The van der Waals surface area contributed by atoms with E-state index < -0.39 is 0 Å². The molecule has 2 aromatic rings. The van der Waals surface area contributed by atoms with Crippen LogP contribution in [0.2, 0.25) is 0 Å². The molecular formula is C15H21N3S. The first-order valence-corrected chi connectivity index (χ1v) is 7.72. The van der Waals surface area contributed by atoms with E-state index in [9.17, 15) is 0 Å². The van der Waals surface area contributed by atoms with E-state index in [0.717, 1.165) is 11.4 Å². The summed E-state index contributed by atoms with van der Waals surface area (Å²) in [5, 5.41) is 8.49. The fourth-order valence-electron chi connectivity index (χ4n) is 3.22. The highest BCUT2D eigenvalue weighted by molar-refractivity contribution is 7.19. The Kier molecular flexibility index (Phi) is 2.75. The predicted octanol–water partition coefficient (Wildman–Crippen LogP) is 3.89. The molecule has 0 saturated heterocycles. The van der Waals surface area contributed by atoms with E-state index in [1.54, 1.807) is 11.3 Å². The third-order valence-electron chi connectivity index (χ3n) is 5.01. The summed E-state index contributed by atoms with van der Waals surface area (Å²) >= 11 is 1.70. The summed E-state index contributed by atoms with van der Waals surface area (Å²) in [6.45, 7) is 9.10. The van der Waals surface area contributed by atoms with Crippen LogP contribution in [0, 0.1) is 12.8 Å². The molecule has 0 aliphatic heterocycles. The van der Waals surface area contributed by atoms with Crippen molar-refractivity contribution in [2.24, 2.45) is 5.92 Å². The van der Waals surface area contributed by atoms with Crippen LogP contribution in [0.5, 0.6) is 0 Å². The van der Waals surface area contributed by atoms with Gasteiger partial charge in [0.2, 0.25) is 0 Å². The summed E-state index contributed by atoms with van der Waals surface area (Å²) in [6, 6.07) is 0. The van der Waals surface area contributed by atoms with Crippen LogP contribution in [0.25, 0.3) is 10.4 Å². The van der Waals surface area contributed by atoms with Gasteiger partial charge in [0.1, 0.15) is 0 Å². The number of nitrogens with zero attached hydrogens (tertiary/aromatic N) is 1. The first-order valence-electron chi connectivity index (χ1n) is 6.91. The number of rotatable bonds is 2. The van der Waals surface area contributed by atoms with E-state index in [4.69, 9.17) is 5.73 Å². The zero-order valence-electron chi connectivity index (χ0n) is 12.0. The maximum Gasteiger partial charge on any atom is 0.0895 e. The predicted molar refractivity (Wildman–Crippen MR) is 81.6 cm³/mol. The minimum absolute atomic E-state index is 0.131. The molecule has 3 rings (SSSR count). The van der Waals surface area contributed by atoms with Gasteiger partial charge >= 0.3 is 0 Å². The molecular weight excluding hydrogens is 254 g/mol. The second kappa shape index (κ2) is 4.10. The molecule has 2 aromatic heterocycles. The van der Waals surface area contributed by atoms with Crippen molar-refractivity contribution in [3.63, 3.8) is 0 Å². The number of hydrogen-bond acceptors (Lipinski definition) is 3. The molecule has 0 bridgehead atoms. The number of hydrogen-bond donors (Lipinski definition) is 2. The van der Waals surface area contributed by atoms with Crippen molar-refractivity contribution in [3.8, 4) is 10.4 Å². The summed E-state index contributed by atoms with van der Waals surface area (Å²) < 4.78 is 0. The quantitative estimate of drug-likeness (QED) is 0.873. The molecule has 1 aliphatic carbocycles. The Balaban J connectivity index is 2.24. The summed E-state index contributed by atoms with van der Waals surface area (Å²) in [4.78, 5) is 1.32. The molecule has 1 unspecified atom stereocenters. The summed E-state index contributed by atoms with van der Waals surface area (Å²) in [7, 11) is 0. The third kappa shape index (κ3) is 1.59. The fraction of sp³-hybridized carbons (Fsp3) is 0.533. The third-order valence-corrected chi connectivity index (χ3v) is 6.20. The molecule has 3 N–H and O–H groups in total. The van der Waals surface area contributed by atoms with E-state index in [1.165, 1.54) is 33.7 Å². The highest BCUT2D eigenvalue weighted by atomic mass is 32.1. The lowest BCUT2D eigenvalue weighted by atomic mass is 9.66. The molecule has 0 saturated carbocycles. The molecule has 2 heterocycles. The van der Waals surface area contributed by atoms with Gasteiger partial charge in [0.25, 0.3) is 0 Å². The van der Waals surface area contributed by atoms with Crippen LogP contribution in [0.4, 0.5) is 5.00 Å². The Hall–Kier alpha value is -1.29. The summed E-state index contributed by atoms with van der Waals surface area (Å²) in [6.07, 6.45) is 4.19. The first kappa shape index (κ1) is 12.7. The van der Waals surface area contributed by atoms with Crippen LogP contribution in [0.1, 0.15) is 44.0 Å². The molecule has 0 aromatic carbocycles. The SMILES string of the molecule is CC[C@@H](C)C1(C)Cc2c(sc(N)c2C)-c2cn[nH]c21. The zero-order valence-corrected chi connectivity index (χ0v) is 12.8. The molecule has 102 valence electrons. The van der Waals surface area contributed by atoms with E-state index >= 15 is 0 Å². The highest BCUT2D eigenvalue weighted by Gasteiger charge is 2.41. The van der Waals surface area contributed by atoms with Gasteiger partial charge in [-0.25, -0.2) is 0 Å². The van der Waals surface area contributed by atoms with Crippen molar-refractivity contribution in [1.82, 2.24) is 10.2 Å². The molecule has 3 nitrogen and oxygen atoms in total. The average Bonchev–Trinajstić information content (AvgIpc) is 2.98. The maximum absolute atomic E-state index is 6.13. The highest BCUT2D eigenvalue weighted by Crippen LogP contribution is 2.51. The number of fused-ring (bicyclic) bond motifs is 3. The van der Waals surface area contributed by atoms with Gasteiger partial charge in [-0.1, -0.05) is 27.2 Å². The number of aromatic amines is 1. The number of aromatic nitrogens is 2. The average molecular weight is 275 g/mol. The Morgan fingerprint density at radius 2 is 2.32 bits per heavy atom. The number of nitrogen functional groups attached to an aromatic ring is 1. The Morgan fingerprint density at radius 3 is 3.00 bits per heavy atom. The summed E-state index contributed by atoms with van der Waals surface area (Å²) in [5.74, 6) is 0.611. The Morgan fingerprint density at radius 1 is 1.58 bits per heavy atom. The van der Waals surface area contributed by atoms with Crippen molar-refractivity contribution in [2.45, 2.75) is 46.0 Å². The molecule has 0 spiro atoms. The van der Waals surface area contributed by atoms with Crippen molar-refractivity contribution in [3.05, 3.63) is 23.0 Å². The van der Waals surface area contributed by atoms with E-state index in [0.29, 0.717) is 5.92 Å². The van der Waals surface area contributed by atoms with Crippen LogP contribution < -0.4 is 5.73 Å². The van der Waals surface area contributed by atoms with E-state index in [2.05, 4.69) is 37.9 Å². The zero-order chi connectivity index (χ0) is 13.8. The number of H-pyrrole nitrogens is 1. The van der Waals surface area contributed by atoms with Crippen molar-refractivity contribution in [2.75, 3.05) is 5.73 Å². The van der Waals surface area contributed by atoms with Gasteiger partial charge in [-0.15, -0.1) is 11.3 Å². The number of nitrogens with one attached hydrogen (secondary N) is 1.